The summed E-state index contributed by atoms with van der Waals surface area (Å²) in [5, 5.41) is 7.28. The zero-order chi connectivity index (χ0) is 19.9. The molecule has 0 bridgehead atoms. The minimum atomic E-state index is -0.810. The molecule has 0 aliphatic rings. The molecule has 0 saturated carbocycles. The van der Waals surface area contributed by atoms with Crippen LogP contribution in [0.15, 0.2) is 70.3 Å². The first kappa shape index (κ1) is 18.6. The van der Waals surface area contributed by atoms with E-state index in [-0.39, 0.29) is 18.1 Å². The minimum Gasteiger partial charge on any atom is -0.484 e. The highest BCUT2D eigenvalue weighted by Crippen LogP contribution is 2.20. The van der Waals surface area contributed by atoms with Gasteiger partial charge in [0.15, 0.2) is 23.9 Å². The van der Waals surface area contributed by atoms with Gasteiger partial charge in [-0.1, -0.05) is 40.6 Å². The van der Waals surface area contributed by atoms with E-state index in [9.17, 15) is 9.59 Å². The van der Waals surface area contributed by atoms with Gasteiger partial charge in [-0.15, -0.1) is 0 Å². The number of carbonyl (C=O) groups is 2. The van der Waals surface area contributed by atoms with Gasteiger partial charge in [-0.3, -0.25) is 4.79 Å². The SMILES string of the molecule is NC(=O)COc1ccc(/C(N)=N/OC(=O)c2cc(-c3ccccc3)on2)cc1. The fourth-order valence-electron chi connectivity index (χ4n) is 2.18. The molecule has 0 atom stereocenters. The molecule has 28 heavy (non-hydrogen) atoms. The third-order valence-electron chi connectivity index (χ3n) is 3.54. The molecule has 142 valence electrons. The number of hydrogen-bond acceptors (Lipinski definition) is 7. The Hall–Kier alpha value is -4.14. The first-order chi connectivity index (χ1) is 13.5. The number of rotatable bonds is 7. The molecule has 9 nitrogen and oxygen atoms in total. The lowest BCUT2D eigenvalue weighted by Crippen LogP contribution is -2.20. The fraction of sp³-hybridized carbons (Fsp3) is 0.0526. The summed E-state index contributed by atoms with van der Waals surface area (Å²) in [5.74, 6) is -0.559. The molecule has 3 rings (SSSR count). The quantitative estimate of drug-likeness (QED) is 0.275. The van der Waals surface area contributed by atoms with Crippen LogP contribution in [-0.2, 0) is 9.63 Å². The van der Waals surface area contributed by atoms with Gasteiger partial charge < -0.3 is 25.6 Å². The summed E-state index contributed by atoms with van der Waals surface area (Å²) in [6, 6.07) is 17.0. The summed E-state index contributed by atoms with van der Waals surface area (Å²) >= 11 is 0. The molecule has 3 aromatic rings. The van der Waals surface area contributed by atoms with E-state index < -0.39 is 11.9 Å². The van der Waals surface area contributed by atoms with Crippen LogP contribution in [0.25, 0.3) is 11.3 Å². The van der Waals surface area contributed by atoms with E-state index in [1.807, 2.05) is 30.3 Å². The Kier molecular flexibility index (Phi) is 5.66. The summed E-state index contributed by atoms with van der Waals surface area (Å²) in [5.41, 5.74) is 12.0. The fourth-order valence-corrected chi connectivity index (χ4v) is 2.18. The third kappa shape index (κ3) is 4.73. The van der Waals surface area contributed by atoms with Crippen molar-refractivity contribution in [1.82, 2.24) is 5.16 Å². The summed E-state index contributed by atoms with van der Waals surface area (Å²) < 4.78 is 10.3. The molecule has 0 spiro atoms. The Bertz CT molecular complexity index is 997. The Morgan fingerprint density at radius 2 is 1.75 bits per heavy atom. The average molecular weight is 380 g/mol. The molecule has 0 fully saturated rings. The number of amidine groups is 1. The standard InChI is InChI=1S/C19H16N4O5/c20-17(24)11-26-14-8-6-13(7-9-14)18(21)23-28-19(25)15-10-16(27-22-15)12-4-2-1-3-5-12/h1-10H,11H2,(H2,20,24)(H2,21,23). The van der Waals surface area contributed by atoms with Gasteiger partial charge >= 0.3 is 5.97 Å². The second-order valence-electron chi connectivity index (χ2n) is 5.58. The Balaban J connectivity index is 1.62. The zero-order valence-corrected chi connectivity index (χ0v) is 14.6. The van der Waals surface area contributed by atoms with Gasteiger partial charge in [-0.05, 0) is 24.3 Å². The van der Waals surface area contributed by atoms with E-state index in [1.54, 1.807) is 24.3 Å². The summed E-state index contributed by atoms with van der Waals surface area (Å²) in [7, 11) is 0. The first-order valence-corrected chi connectivity index (χ1v) is 8.11. The topological polar surface area (TPSA) is 143 Å². The van der Waals surface area contributed by atoms with Crippen molar-refractivity contribution >= 4 is 17.7 Å². The van der Waals surface area contributed by atoms with E-state index in [0.29, 0.717) is 17.1 Å². The molecule has 1 amide bonds. The van der Waals surface area contributed by atoms with Crippen molar-refractivity contribution in [1.29, 1.82) is 0 Å². The van der Waals surface area contributed by atoms with Gasteiger partial charge in [0.1, 0.15) is 5.75 Å². The van der Waals surface area contributed by atoms with Crippen LogP contribution in [0, 0.1) is 0 Å². The third-order valence-corrected chi connectivity index (χ3v) is 3.54. The van der Waals surface area contributed by atoms with Crippen molar-refractivity contribution in [2.75, 3.05) is 6.61 Å². The number of oxime groups is 1. The Labute approximate surface area is 159 Å². The van der Waals surface area contributed by atoms with Crippen LogP contribution < -0.4 is 16.2 Å². The van der Waals surface area contributed by atoms with Gasteiger partial charge in [-0.2, -0.15) is 0 Å². The molecule has 0 aliphatic carbocycles. The number of hydrogen-bond donors (Lipinski definition) is 2. The zero-order valence-electron chi connectivity index (χ0n) is 14.6. The predicted octanol–water partition coefficient (Wildman–Crippen LogP) is 1.68. The number of amides is 1. The van der Waals surface area contributed by atoms with Crippen molar-refractivity contribution < 1.29 is 23.7 Å². The second-order valence-corrected chi connectivity index (χ2v) is 5.58. The van der Waals surface area contributed by atoms with Crippen molar-refractivity contribution in [2.45, 2.75) is 0 Å². The van der Waals surface area contributed by atoms with Gasteiger partial charge in [-0.25, -0.2) is 4.79 Å². The van der Waals surface area contributed by atoms with Crippen LogP contribution in [0.5, 0.6) is 5.75 Å². The van der Waals surface area contributed by atoms with Crippen LogP contribution >= 0.6 is 0 Å². The number of primary amides is 1. The molecule has 1 heterocycles. The van der Waals surface area contributed by atoms with Crippen molar-refractivity contribution in [3.8, 4) is 17.1 Å². The predicted molar refractivity (Wildman–Crippen MR) is 99.2 cm³/mol. The van der Waals surface area contributed by atoms with Gasteiger partial charge in [0.05, 0.1) is 0 Å². The van der Waals surface area contributed by atoms with Crippen molar-refractivity contribution in [2.24, 2.45) is 16.6 Å². The average Bonchev–Trinajstić information content (AvgIpc) is 3.21. The molecule has 4 N–H and O–H groups in total. The molecule has 2 aromatic carbocycles. The lowest BCUT2D eigenvalue weighted by Gasteiger charge is -2.04. The number of benzene rings is 2. The largest absolute Gasteiger partial charge is 0.484 e. The van der Waals surface area contributed by atoms with Crippen LogP contribution in [0.2, 0.25) is 0 Å². The van der Waals surface area contributed by atoms with Gasteiger partial charge in [0.2, 0.25) is 0 Å². The first-order valence-electron chi connectivity index (χ1n) is 8.11. The lowest BCUT2D eigenvalue weighted by molar-refractivity contribution is -0.119. The molecular weight excluding hydrogens is 364 g/mol. The molecule has 0 radical (unpaired) electrons. The molecule has 0 saturated heterocycles. The smallest absolute Gasteiger partial charge is 0.387 e. The maximum atomic E-state index is 12.1. The van der Waals surface area contributed by atoms with E-state index >= 15 is 0 Å². The van der Waals surface area contributed by atoms with E-state index in [2.05, 4.69) is 10.3 Å². The summed E-state index contributed by atoms with van der Waals surface area (Å²) in [6.45, 7) is -0.233. The summed E-state index contributed by atoms with van der Waals surface area (Å²) in [4.78, 5) is 27.6. The lowest BCUT2D eigenvalue weighted by atomic mass is 10.2. The Morgan fingerprint density at radius 3 is 2.43 bits per heavy atom. The monoisotopic (exact) mass is 380 g/mol. The highest BCUT2D eigenvalue weighted by Gasteiger charge is 2.15. The minimum absolute atomic E-state index is 0.0263. The normalized spacial score (nSPS) is 11.1. The van der Waals surface area contributed by atoms with Crippen LogP contribution in [0.4, 0.5) is 0 Å². The number of aromatic nitrogens is 1. The van der Waals surface area contributed by atoms with E-state index in [1.165, 1.54) is 6.07 Å². The maximum absolute atomic E-state index is 12.1. The van der Waals surface area contributed by atoms with Gasteiger partial charge in [0.25, 0.3) is 5.91 Å². The molecule has 0 unspecified atom stereocenters. The van der Waals surface area contributed by atoms with E-state index in [0.717, 1.165) is 5.56 Å². The van der Waals surface area contributed by atoms with Crippen LogP contribution in [0.3, 0.4) is 0 Å². The number of carbonyl (C=O) groups excluding carboxylic acids is 2. The molecule has 0 aliphatic heterocycles. The molecule has 1 aromatic heterocycles. The summed E-state index contributed by atoms with van der Waals surface area (Å²) in [6.07, 6.45) is 0. The maximum Gasteiger partial charge on any atom is 0.387 e. The van der Waals surface area contributed by atoms with Crippen LogP contribution in [-0.4, -0.2) is 29.5 Å². The Morgan fingerprint density at radius 1 is 1.04 bits per heavy atom. The van der Waals surface area contributed by atoms with E-state index in [4.69, 9.17) is 25.6 Å². The number of nitrogens with zero attached hydrogens (tertiary/aromatic N) is 2. The second kappa shape index (κ2) is 8.49. The molecule has 9 heteroatoms. The number of nitrogens with two attached hydrogens (primary N) is 2. The van der Waals surface area contributed by atoms with Gasteiger partial charge in [0, 0.05) is 17.2 Å². The van der Waals surface area contributed by atoms with Crippen LogP contribution in [0.1, 0.15) is 16.1 Å². The highest BCUT2D eigenvalue weighted by molar-refractivity contribution is 5.98. The highest BCUT2D eigenvalue weighted by atomic mass is 16.7. The van der Waals surface area contributed by atoms with Crippen molar-refractivity contribution in [3.63, 3.8) is 0 Å². The molecular formula is C19H16N4O5. The number of ether oxygens (including phenoxy) is 1. The van der Waals surface area contributed by atoms with Crippen molar-refractivity contribution in [3.05, 3.63) is 71.9 Å².